The average molecular weight is 481 g/mol. The fraction of sp³-hybridized carbons (Fsp3) is 0.154. The summed E-state index contributed by atoms with van der Waals surface area (Å²) in [6, 6.07) is 24.1. The van der Waals surface area contributed by atoms with E-state index in [1.54, 1.807) is 21.8 Å². The van der Waals surface area contributed by atoms with Gasteiger partial charge in [-0.2, -0.15) is 5.26 Å². The number of nitriles is 1. The van der Waals surface area contributed by atoms with Crippen molar-refractivity contribution in [2.24, 2.45) is 0 Å². The van der Waals surface area contributed by atoms with Gasteiger partial charge in [0, 0.05) is 18.3 Å². The van der Waals surface area contributed by atoms with Crippen LogP contribution in [-0.2, 0) is 0 Å². The van der Waals surface area contributed by atoms with Gasteiger partial charge in [-0.25, -0.2) is 9.97 Å². The molecule has 0 fully saturated rings. The lowest BCUT2D eigenvalue weighted by Gasteiger charge is -2.42. The lowest BCUT2D eigenvalue weighted by Crippen LogP contribution is -2.60. The number of benzene rings is 2. The summed E-state index contributed by atoms with van der Waals surface area (Å²) in [5.41, 5.74) is 10.7. The number of aromatic nitrogens is 3. The van der Waals surface area contributed by atoms with Gasteiger partial charge in [-0.3, -0.25) is 14.4 Å². The largest absolute Gasteiger partial charge is 0.494 e. The van der Waals surface area contributed by atoms with E-state index in [1.165, 1.54) is 6.33 Å². The fourth-order valence-corrected chi connectivity index (χ4v) is 4.18. The van der Waals surface area contributed by atoms with Crippen molar-refractivity contribution in [3.05, 3.63) is 96.6 Å². The van der Waals surface area contributed by atoms with Crippen LogP contribution in [0.4, 0.5) is 17.3 Å². The van der Waals surface area contributed by atoms with Crippen molar-refractivity contribution >= 4 is 23.2 Å². The highest BCUT2D eigenvalue weighted by molar-refractivity contribution is 6.06. The summed E-state index contributed by atoms with van der Waals surface area (Å²) in [6.45, 7) is 0.345. The molecular weight excluding hydrogens is 456 g/mol. The SMILES string of the molecule is N#Cc1c(N)ncnc1N[C@@H](CCOc1ccccc1)C1Nn2cccc2C(=O)N1c1ccccc1. The number of hydrogen-bond donors (Lipinski definition) is 3. The number of hydrogen-bond acceptors (Lipinski definition) is 8. The first-order chi connectivity index (χ1) is 17.7. The molecule has 36 heavy (non-hydrogen) atoms. The number of nitrogens with zero attached hydrogens (tertiary/aromatic N) is 5. The Bertz CT molecular complexity index is 1380. The van der Waals surface area contributed by atoms with Crippen LogP contribution in [0.5, 0.6) is 5.75 Å². The van der Waals surface area contributed by atoms with Crippen LogP contribution >= 0.6 is 0 Å². The number of nitrogen functional groups attached to an aromatic ring is 1. The van der Waals surface area contributed by atoms with E-state index >= 15 is 0 Å². The second-order valence-electron chi connectivity index (χ2n) is 8.14. The van der Waals surface area contributed by atoms with Crippen molar-refractivity contribution in [1.29, 1.82) is 5.26 Å². The van der Waals surface area contributed by atoms with Gasteiger partial charge in [0.25, 0.3) is 5.91 Å². The number of carbonyl (C=O) groups excluding carboxylic acids is 1. The third-order valence-electron chi connectivity index (χ3n) is 5.90. The molecule has 1 aliphatic rings. The van der Waals surface area contributed by atoms with Crippen LogP contribution in [0.3, 0.4) is 0 Å². The first-order valence-corrected chi connectivity index (χ1v) is 11.4. The van der Waals surface area contributed by atoms with Gasteiger partial charge < -0.3 is 21.2 Å². The molecule has 1 amide bonds. The molecule has 0 saturated carbocycles. The van der Waals surface area contributed by atoms with Crippen LogP contribution in [0.25, 0.3) is 0 Å². The van der Waals surface area contributed by atoms with Crippen LogP contribution < -0.4 is 26.1 Å². The van der Waals surface area contributed by atoms with Gasteiger partial charge in [0.2, 0.25) is 0 Å². The summed E-state index contributed by atoms with van der Waals surface area (Å²) < 4.78 is 7.67. The topological polar surface area (TPSA) is 134 Å². The Morgan fingerprint density at radius 2 is 1.83 bits per heavy atom. The average Bonchev–Trinajstić information content (AvgIpc) is 3.39. The number of fused-ring (bicyclic) bond motifs is 1. The number of nitrogens with two attached hydrogens (primary N) is 1. The molecule has 4 N–H and O–H groups in total. The minimum absolute atomic E-state index is 0.0783. The molecular formula is C26H24N8O2. The number of para-hydroxylation sites is 2. The highest BCUT2D eigenvalue weighted by Crippen LogP contribution is 2.28. The Labute approximate surface area is 207 Å². The van der Waals surface area contributed by atoms with Crippen molar-refractivity contribution in [2.75, 3.05) is 28.0 Å². The summed E-state index contributed by atoms with van der Waals surface area (Å²) >= 11 is 0. The molecule has 0 spiro atoms. The molecule has 5 rings (SSSR count). The van der Waals surface area contributed by atoms with E-state index in [0.717, 1.165) is 11.4 Å². The smallest absolute Gasteiger partial charge is 0.278 e. The molecule has 0 aliphatic carbocycles. The van der Waals surface area contributed by atoms with Crippen molar-refractivity contribution in [3.63, 3.8) is 0 Å². The third-order valence-corrected chi connectivity index (χ3v) is 5.90. The lowest BCUT2D eigenvalue weighted by molar-refractivity contribution is 0.0952. The number of anilines is 3. The van der Waals surface area contributed by atoms with E-state index in [0.29, 0.717) is 18.7 Å². The molecule has 1 aliphatic heterocycles. The molecule has 0 bridgehead atoms. The van der Waals surface area contributed by atoms with E-state index in [1.807, 2.05) is 66.7 Å². The van der Waals surface area contributed by atoms with Gasteiger partial charge in [0.05, 0.1) is 12.6 Å². The quantitative estimate of drug-likeness (QED) is 0.350. The Hall–Kier alpha value is -5.04. The molecule has 2 aromatic carbocycles. The van der Waals surface area contributed by atoms with E-state index in [-0.39, 0.29) is 23.1 Å². The minimum atomic E-state index is -0.554. The second kappa shape index (κ2) is 10.1. The van der Waals surface area contributed by atoms with Gasteiger partial charge in [0.15, 0.2) is 0 Å². The molecule has 2 atom stereocenters. The van der Waals surface area contributed by atoms with E-state index < -0.39 is 12.2 Å². The first-order valence-electron chi connectivity index (χ1n) is 11.4. The zero-order valence-corrected chi connectivity index (χ0v) is 19.3. The summed E-state index contributed by atoms with van der Waals surface area (Å²) in [5.74, 6) is 0.943. The molecule has 10 nitrogen and oxygen atoms in total. The van der Waals surface area contributed by atoms with Crippen LogP contribution in [0.2, 0.25) is 0 Å². The zero-order valence-electron chi connectivity index (χ0n) is 19.3. The van der Waals surface area contributed by atoms with Gasteiger partial charge >= 0.3 is 0 Å². The van der Waals surface area contributed by atoms with E-state index in [9.17, 15) is 10.1 Å². The Balaban J connectivity index is 1.51. The highest BCUT2D eigenvalue weighted by atomic mass is 16.5. The lowest BCUT2D eigenvalue weighted by atomic mass is 10.1. The van der Waals surface area contributed by atoms with Gasteiger partial charge in [-0.15, -0.1) is 0 Å². The summed E-state index contributed by atoms with van der Waals surface area (Å²) in [5, 5.41) is 13.0. The minimum Gasteiger partial charge on any atom is -0.494 e. The summed E-state index contributed by atoms with van der Waals surface area (Å²) in [6.07, 6.45) is 3.01. The molecule has 180 valence electrons. The maximum Gasteiger partial charge on any atom is 0.278 e. The molecule has 4 aromatic rings. The summed E-state index contributed by atoms with van der Waals surface area (Å²) in [7, 11) is 0. The monoisotopic (exact) mass is 480 g/mol. The van der Waals surface area contributed by atoms with Crippen LogP contribution in [0, 0.1) is 11.3 Å². The van der Waals surface area contributed by atoms with E-state index in [2.05, 4.69) is 26.8 Å². The fourth-order valence-electron chi connectivity index (χ4n) is 4.18. The molecule has 1 unspecified atom stereocenters. The molecule has 3 heterocycles. The van der Waals surface area contributed by atoms with Crippen LogP contribution in [-0.4, -0.2) is 39.4 Å². The standard InChI is InChI=1S/C26H24N8O2/c27-16-20-23(28)29-17-30-24(20)31-21(13-15-36-19-10-5-2-6-11-19)25-32-33-14-7-12-22(33)26(35)34(25)18-8-3-1-4-9-18/h1-12,14,17,21,25,32H,13,15H2,(H3,28,29,30,31)/t21-,25?/m0/s1. The molecule has 0 radical (unpaired) electrons. The van der Waals surface area contributed by atoms with Gasteiger partial charge in [-0.1, -0.05) is 36.4 Å². The highest BCUT2D eigenvalue weighted by Gasteiger charge is 2.38. The predicted molar refractivity (Wildman–Crippen MR) is 136 cm³/mol. The van der Waals surface area contributed by atoms with Crippen LogP contribution in [0.1, 0.15) is 22.5 Å². The first kappa shape index (κ1) is 22.7. The van der Waals surface area contributed by atoms with Crippen molar-refractivity contribution in [1.82, 2.24) is 14.6 Å². The molecule has 10 heteroatoms. The predicted octanol–water partition coefficient (Wildman–Crippen LogP) is 3.21. The van der Waals surface area contributed by atoms with Crippen molar-refractivity contribution < 1.29 is 9.53 Å². The number of ether oxygens (including phenoxy) is 1. The number of rotatable bonds is 8. The Morgan fingerprint density at radius 3 is 2.58 bits per heavy atom. The number of carbonyl (C=O) groups is 1. The van der Waals surface area contributed by atoms with E-state index in [4.69, 9.17) is 10.5 Å². The Morgan fingerprint density at radius 1 is 1.08 bits per heavy atom. The van der Waals surface area contributed by atoms with Crippen molar-refractivity contribution in [2.45, 2.75) is 18.6 Å². The maximum absolute atomic E-state index is 13.6. The third kappa shape index (κ3) is 4.50. The zero-order chi connectivity index (χ0) is 24.9. The van der Waals surface area contributed by atoms with Gasteiger partial charge in [-0.05, 0) is 36.4 Å². The maximum atomic E-state index is 13.6. The Kier molecular flexibility index (Phi) is 6.36. The van der Waals surface area contributed by atoms with Gasteiger partial charge in [0.1, 0.15) is 47.2 Å². The van der Waals surface area contributed by atoms with Crippen molar-refractivity contribution in [3.8, 4) is 11.8 Å². The van der Waals surface area contributed by atoms with Crippen LogP contribution in [0.15, 0.2) is 85.3 Å². The number of nitrogens with one attached hydrogen (secondary N) is 2. The second-order valence-corrected chi connectivity index (χ2v) is 8.14. The summed E-state index contributed by atoms with van der Waals surface area (Å²) in [4.78, 5) is 23.5. The normalized spacial score (nSPS) is 15.4. The molecule has 0 saturated heterocycles. The number of amides is 1. The molecule has 2 aromatic heterocycles.